The number of carbonyl (C=O) groups is 2. The lowest BCUT2D eigenvalue weighted by Gasteiger charge is -2.18. The number of hydrogen-bond donors (Lipinski definition) is 3. The largest absolute Gasteiger partial charge is 0.393 e. The van der Waals surface area contributed by atoms with E-state index >= 15 is 0 Å². The third kappa shape index (κ3) is 1.55. The van der Waals surface area contributed by atoms with Crippen molar-refractivity contribution in [2.75, 3.05) is 0 Å². The molecule has 3 amide bonds. The Bertz CT molecular complexity index is 215. The fourth-order valence-corrected chi connectivity index (χ4v) is 1.08. The van der Waals surface area contributed by atoms with Gasteiger partial charge in [0.15, 0.2) is 0 Å². The van der Waals surface area contributed by atoms with E-state index < -0.39 is 18.2 Å². The molecule has 0 unspecified atom stereocenters. The zero-order valence-electron chi connectivity index (χ0n) is 7.00. The summed E-state index contributed by atoms with van der Waals surface area (Å²) in [5.41, 5.74) is 0. The van der Waals surface area contributed by atoms with E-state index in [0.29, 0.717) is 0 Å². The first-order chi connectivity index (χ1) is 5.52. The lowest BCUT2D eigenvalue weighted by Crippen LogP contribution is -2.40. The lowest BCUT2D eigenvalue weighted by molar-refractivity contribution is -0.122. The first kappa shape index (κ1) is 8.99. The molecule has 0 radical (unpaired) electrons. The molecule has 0 aliphatic carbocycles. The minimum Gasteiger partial charge on any atom is -0.393 e. The summed E-state index contributed by atoms with van der Waals surface area (Å²) in [5.74, 6) is -0.634. The van der Waals surface area contributed by atoms with E-state index in [1.807, 2.05) is 0 Å². The molecule has 12 heavy (non-hydrogen) atoms. The van der Waals surface area contributed by atoms with Gasteiger partial charge in [-0.2, -0.15) is 0 Å². The van der Waals surface area contributed by atoms with Gasteiger partial charge in [0.25, 0.3) is 5.91 Å². The molecular formula is C7H12N2O3. The third-order valence-corrected chi connectivity index (χ3v) is 2.09. The van der Waals surface area contributed by atoms with E-state index in [1.165, 1.54) is 0 Å². The maximum atomic E-state index is 11.0. The molecule has 0 aromatic rings. The van der Waals surface area contributed by atoms with Crippen LogP contribution in [-0.4, -0.2) is 29.2 Å². The minimum atomic E-state index is -0.612. The number of aliphatic hydroxyl groups excluding tert-OH is 1. The second kappa shape index (κ2) is 3.10. The molecule has 5 nitrogen and oxygen atoms in total. The summed E-state index contributed by atoms with van der Waals surface area (Å²) < 4.78 is 0. The molecule has 0 bridgehead atoms. The molecule has 3 atom stereocenters. The highest BCUT2D eigenvalue weighted by atomic mass is 16.3. The zero-order chi connectivity index (χ0) is 9.30. The van der Waals surface area contributed by atoms with Crippen molar-refractivity contribution in [3.8, 4) is 0 Å². The summed E-state index contributed by atoms with van der Waals surface area (Å²) in [4.78, 5) is 21.7. The quantitative estimate of drug-likeness (QED) is 0.478. The van der Waals surface area contributed by atoms with E-state index in [4.69, 9.17) is 5.11 Å². The van der Waals surface area contributed by atoms with E-state index in [9.17, 15) is 9.59 Å². The van der Waals surface area contributed by atoms with Crippen LogP contribution in [0.2, 0.25) is 0 Å². The Morgan fingerprint density at radius 1 is 1.42 bits per heavy atom. The number of rotatable bonds is 2. The summed E-state index contributed by atoms with van der Waals surface area (Å²) in [6.45, 7) is 3.29. The van der Waals surface area contributed by atoms with Crippen molar-refractivity contribution in [3.63, 3.8) is 0 Å². The van der Waals surface area contributed by atoms with E-state index in [2.05, 4.69) is 10.6 Å². The molecule has 1 heterocycles. The van der Waals surface area contributed by atoms with Crippen molar-refractivity contribution in [3.05, 3.63) is 0 Å². The molecule has 1 aliphatic rings. The van der Waals surface area contributed by atoms with E-state index in [0.717, 1.165) is 0 Å². The molecular weight excluding hydrogens is 160 g/mol. The lowest BCUT2D eigenvalue weighted by atomic mass is 9.97. The molecule has 1 aliphatic heterocycles. The van der Waals surface area contributed by atoms with Crippen LogP contribution in [0.5, 0.6) is 0 Å². The topological polar surface area (TPSA) is 78.4 Å². The smallest absolute Gasteiger partial charge is 0.322 e. The fourth-order valence-electron chi connectivity index (χ4n) is 1.08. The van der Waals surface area contributed by atoms with Gasteiger partial charge in [0.1, 0.15) is 6.04 Å². The molecule has 1 saturated heterocycles. The molecule has 0 saturated carbocycles. The average molecular weight is 172 g/mol. The third-order valence-electron chi connectivity index (χ3n) is 2.09. The van der Waals surface area contributed by atoms with Crippen LogP contribution >= 0.6 is 0 Å². The normalized spacial score (nSPS) is 27.8. The molecule has 0 aromatic carbocycles. The van der Waals surface area contributed by atoms with E-state index in [-0.39, 0.29) is 11.8 Å². The van der Waals surface area contributed by atoms with E-state index in [1.54, 1.807) is 13.8 Å². The van der Waals surface area contributed by atoms with Crippen LogP contribution in [0, 0.1) is 5.92 Å². The van der Waals surface area contributed by atoms with Gasteiger partial charge in [-0.05, 0) is 6.92 Å². The number of carbonyl (C=O) groups excluding carboxylic acids is 2. The SMILES string of the molecule is C[C@@H]([C@H](C)O)[C@@H]1NC(=O)NC1=O. The fraction of sp³-hybridized carbons (Fsp3) is 0.714. The van der Waals surface area contributed by atoms with Crippen LogP contribution < -0.4 is 10.6 Å². The zero-order valence-corrected chi connectivity index (χ0v) is 7.00. The Morgan fingerprint density at radius 3 is 2.33 bits per heavy atom. The number of urea groups is 1. The molecule has 3 N–H and O–H groups in total. The monoisotopic (exact) mass is 172 g/mol. The molecule has 68 valence electrons. The Balaban J connectivity index is 2.64. The number of aliphatic hydroxyl groups is 1. The summed E-state index contributed by atoms with van der Waals surface area (Å²) in [7, 11) is 0. The maximum absolute atomic E-state index is 11.0. The highest BCUT2D eigenvalue weighted by Gasteiger charge is 2.35. The molecule has 5 heteroatoms. The van der Waals surface area contributed by atoms with Crippen molar-refractivity contribution in [1.29, 1.82) is 0 Å². The molecule has 0 aromatic heterocycles. The van der Waals surface area contributed by atoms with Gasteiger partial charge in [-0.3, -0.25) is 10.1 Å². The Labute approximate surface area is 70.1 Å². The number of nitrogens with one attached hydrogen (secondary N) is 2. The van der Waals surface area contributed by atoms with Crippen LogP contribution in [0.1, 0.15) is 13.8 Å². The van der Waals surface area contributed by atoms with Gasteiger partial charge in [-0.25, -0.2) is 4.79 Å². The minimum absolute atomic E-state index is 0.267. The predicted molar refractivity (Wildman–Crippen MR) is 41.3 cm³/mol. The van der Waals surface area contributed by atoms with Crippen molar-refractivity contribution in [1.82, 2.24) is 10.6 Å². The van der Waals surface area contributed by atoms with Gasteiger partial charge >= 0.3 is 6.03 Å². The maximum Gasteiger partial charge on any atom is 0.322 e. The Hall–Kier alpha value is -1.10. The van der Waals surface area contributed by atoms with Gasteiger partial charge < -0.3 is 10.4 Å². The Morgan fingerprint density at radius 2 is 2.00 bits per heavy atom. The second-order valence-electron chi connectivity index (χ2n) is 3.04. The molecule has 1 rings (SSSR count). The Kier molecular flexibility index (Phi) is 2.32. The standard InChI is InChI=1S/C7H12N2O3/c1-3(4(2)10)5-6(11)9-7(12)8-5/h3-5,10H,1-2H3,(H2,8,9,11,12)/t3-,4-,5-/m0/s1. The second-order valence-corrected chi connectivity index (χ2v) is 3.04. The van der Waals surface area contributed by atoms with Crippen LogP contribution in [-0.2, 0) is 4.79 Å². The van der Waals surface area contributed by atoms with Crippen LogP contribution in [0.4, 0.5) is 4.79 Å². The van der Waals surface area contributed by atoms with Gasteiger partial charge in [-0.1, -0.05) is 6.92 Å². The highest BCUT2D eigenvalue weighted by molar-refractivity contribution is 6.04. The van der Waals surface area contributed by atoms with Crippen LogP contribution in [0.25, 0.3) is 0 Å². The average Bonchev–Trinajstić information content (AvgIpc) is 2.28. The number of hydrogen-bond acceptors (Lipinski definition) is 3. The number of imide groups is 1. The van der Waals surface area contributed by atoms with Crippen LogP contribution in [0.3, 0.4) is 0 Å². The highest BCUT2D eigenvalue weighted by Crippen LogP contribution is 2.11. The van der Waals surface area contributed by atoms with Crippen molar-refractivity contribution in [2.24, 2.45) is 5.92 Å². The molecule has 1 fully saturated rings. The summed E-state index contributed by atoms with van der Waals surface area (Å²) in [5, 5.41) is 13.7. The predicted octanol–water partition coefficient (Wildman–Crippen LogP) is -0.789. The summed E-state index contributed by atoms with van der Waals surface area (Å²) >= 11 is 0. The van der Waals surface area contributed by atoms with Gasteiger partial charge in [-0.15, -0.1) is 0 Å². The first-order valence-electron chi connectivity index (χ1n) is 3.82. The first-order valence-corrected chi connectivity index (χ1v) is 3.82. The van der Waals surface area contributed by atoms with Crippen molar-refractivity contribution >= 4 is 11.9 Å². The van der Waals surface area contributed by atoms with Crippen molar-refractivity contribution in [2.45, 2.75) is 26.0 Å². The van der Waals surface area contributed by atoms with Crippen molar-refractivity contribution < 1.29 is 14.7 Å². The van der Waals surface area contributed by atoms with Gasteiger partial charge in [0, 0.05) is 5.92 Å². The summed E-state index contributed by atoms with van der Waals surface area (Å²) in [6, 6.07) is -1.09. The van der Waals surface area contributed by atoms with Gasteiger partial charge in [0.2, 0.25) is 0 Å². The number of amides is 3. The molecule has 0 spiro atoms. The van der Waals surface area contributed by atoms with Gasteiger partial charge in [0.05, 0.1) is 6.10 Å². The summed E-state index contributed by atoms with van der Waals surface area (Å²) in [6.07, 6.45) is -0.612. The van der Waals surface area contributed by atoms with Crippen LogP contribution in [0.15, 0.2) is 0 Å².